The monoisotopic (exact) mass is 446 g/mol. The molecule has 5 N–H and O–H groups in total. The maximum absolute atomic E-state index is 4.68. The molecule has 8 heteroatoms. The molecule has 0 spiro atoms. The van der Waals surface area contributed by atoms with Crippen molar-refractivity contribution in [3.63, 3.8) is 0 Å². The predicted octanol–water partition coefficient (Wildman–Crippen LogP) is 4.95. The van der Waals surface area contributed by atoms with Gasteiger partial charge in [-0.1, -0.05) is 48.0 Å². The van der Waals surface area contributed by atoms with Gasteiger partial charge < -0.3 is 5.32 Å². The van der Waals surface area contributed by atoms with Crippen LogP contribution in [-0.2, 0) is 0 Å². The van der Waals surface area contributed by atoms with Crippen molar-refractivity contribution in [1.29, 1.82) is 0 Å². The fourth-order valence-electron chi connectivity index (χ4n) is 3.94. The van der Waals surface area contributed by atoms with Crippen LogP contribution in [0.2, 0.25) is 0 Å². The number of anilines is 3. The van der Waals surface area contributed by atoms with E-state index in [-0.39, 0.29) is 21.9 Å². The van der Waals surface area contributed by atoms with E-state index in [0.29, 0.717) is 23.9 Å². The van der Waals surface area contributed by atoms with Gasteiger partial charge in [0.15, 0.2) is 0 Å². The first-order chi connectivity index (χ1) is 14.6. The summed E-state index contributed by atoms with van der Waals surface area (Å²) >= 11 is 0. The summed E-state index contributed by atoms with van der Waals surface area (Å²) < 4.78 is 0. The second-order valence-electron chi connectivity index (χ2n) is 13.0. The summed E-state index contributed by atoms with van der Waals surface area (Å²) in [7, 11) is 0. The lowest BCUT2D eigenvalue weighted by molar-refractivity contribution is 0.187. The Bertz CT molecular complexity index is 742. The van der Waals surface area contributed by atoms with Crippen molar-refractivity contribution in [3.05, 3.63) is 0 Å². The van der Waals surface area contributed by atoms with Gasteiger partial charge in [0, 0.05) is 17.1 Å². The Labute approximate surface area is 194 Å². The molecule has 182 valence electrons. The van der Waals surface area contributed by atoms with E-state index < -0.39 is 0 Å². The van der Waals surface area contributed by atoms with Crippen LogP contribution in [-0.4, -0.2) is 32.1 Å². The highest BCUT2D eigenvalue weighted by Crippen LogP contribution is 2.45. The quantitative estimate of drug-likeness (QED) is 0.358. The maximum Gasteiger partial charge on any atom is 0.243 e. The molecule has 32 heavy (non-hydrogen) atoms. The largest absolute Gasteiger partial charge is 0.351 e. The van der Waals surface area contributed by atoms with E-state index in [1.54, 1.807) is 0 Å². The van der Waals surface area contributed by atoms with Gasteiger partial charge in [0.25, 0.3) is 0 Å². The van der Waals surface area contributed by atoms with Gasteiger partial charge in [-0.05, 0) is 69.6 Å². The minimum atomic E-state index is -0.169. The van der Waals surface area contributed by atoms with Gasteiger partial charge in [-0.25, -0.2) is 10.9 Å². The Balaban J connectivity index is 1.77. The summed E-state index contributed by atoms with van der Waals surface area (Å²) in [5, 5.41) is 3.61. The Morgan fingerprint density at radius 3 is 1.47 bits per heavy atom. The molecule has 3 unspecified atom stereocenters. The van der Waals surface area contributed by atoms with E-state index in [0.717, 1.165) is 11.8 Å². The number of fused-ring (bicyclic) bond motifs is 2. The molecule has 0 aliphatic heterocycles. The van der Waals surface area contributed by atoms with Crippen molar-refractivity contribution in [3.8, 4) is 0 Å². The molecular weight excluding hydrogens is 400 g/mol. The standard InChI is InChI=1S/C24H46N8/c1-21(2,3)23(7,8)31-29-19-26-18(25-17-14-15-11-12-16(17)13-15)27-20(28-19)30-32-24(9,10)22(4,5)6/h15-17,31-32H,11-14H2,1-10H3,(H3,25,26,27,28,29,30). The summed E-state index contributed by atoms with van der Waals surface area (Å²) in [4.78, 5) is 14.0. The van der Waals surface area contributed by atoms with E-state index >= 15 is 0 Å². The van der Waals surface area contributed by atoms with E-state index in [1.165, 1.54) is 25.7 Å². The highest BCUT2D eigenvalue weighted by Gasteiger charge is 2.40. The van der Waals surface area contributed by atoms with Crippen LogP contribution in [0.1, 0.15) is 94.9 Å². The summed E-state index contributed by atoms with van der Waals surface area (Å²) in [6.07, 6.45) is 5.23. The molecule has 2 fully saturated rings. The van der Waals surface area contributed by atoms with Crippen molar-refractivity contribution in [2.24, 2.45) is 22.7 Å². The molecule has 1 aromatic rings. The van der Waals surface area contributed by atoms with Gasteiger partial charge in [0.1, 0.15) is 0 Å². The van der Waals surface area contributed by atoms with Crippen LogP contribution in [0.15, 0.2) is 0 Å². The third-order valence-corrected chi connectivity index (χ3v) is 8.41. The molecule has 2 bridgehead atoms. The second kappa shape index (κ2) is 8.60. The zero-order valence-electron chi connectivity index (χ0n) is 21.9. The predicted molar refractivity (Wildman–Crippen MR) is 133 cm³/mol. The number of nitrogens with one attached hydrogen (secondary N) is 5. The molecule has 0 radical (unpaired) electrons. The molecule has 0 amide bonds. The highest BCUT2D eigenvalue weighted by molar-refractivity contribution is 5.42. The van der Waals surface area contributed by atoms with Crippen molar-refractivity contribution >= 4 is 17.8 Å². The summed E-state index contributed by atoms with van der Waals surface area (Å²) in [5.41, 5.74) is 13.1. The van der Waals surface area contributed by atoms with Crippen LogP contribution in [0.4, 0.5) is 17.8 Å². The molecule has 2 aliphatic rings. The minimum absolute atomic E-state index is 0.0521. The van der Waals surface area contributed by atoms with Crippen LogP contribution >= 0.6 is 0 Å². The lowest BCUT2D eigenvalue weighted by Crippen LogP contribution is -2.53. The molecule has 1 aromatic heterocycles. The van der Waals surface area contributed by atoms with Gasteiger partial charge in [-0.3, -0.25) is 10.9 Å². The Morgan fingerprint density at radius 2 is 1.09 bits per heavy atom. The second-order valence-corrected chi connectivity index (χ2v) is 13.0. The molecule has 1 heterocycles. The van der Waals surface area contributed by atoms with E-state index in [9.17, 15) is 0 Å². The van der Waals surface area contributed by atoms with Crippen LogP contribution in [0.5, 0.6) is 0 Å². The van der Waals surface area contributed by atoms with Crippen LogP contribution in [0.25, 0.3) is 0 Å². The van der Waals surface area contributed by atoms with Crippen LogP contribution in [0, 0.1) is 22.7 Å². The smallest absolute Gasteiger partial charge is 0.243 e. The topological polar surface area (TPSA) is 98.8 Å². The SMILES string of the molecule is CC(C)(C)C(C)(C)NNc1nc(NNC(C)(C)C(C)(C)C)nc(NC2CC3CCC2C3)n1. The van der Waals surface area contributed by atoms with Crippen molar-refractivity contribution < 1.29 is 0 Å². The van der Waals surface area contributed by atoms with Crippen molar-refractivity contribution in [1.82, 2.24) is 25.8 Å². The zero-order valence-corrected chi connectivity index (χ0v) is 21.9. The number of hydrogen-bond acceptors (Lipinski definition) is 8. The van der Waals surface area contributed by atoms with Gasteiger partial charge in [-0.15, -0.1) is 0 Å². The van der Waals surface area contributed by atoms with Crippen molar-refractivity contribution in [2.45, 2.75) is 112 Å². The maximum atomic E-state index is 4.68. The first-order valence-electron chi connectivity index (χ1n) is 12.2. The fourth-order valence-corrected chi connectivity index (χ4v) is 3.94. The number of hydrazine groups is 2. The molecular formula is C24H46N8. The summed E-state index contributed by atoms with van der Waals surface area (Å²) in [6, 6.07) is 0.454. The Hall–Kier alpha value is -1.67. The molecule has 3 rings (SSSR count). The number of rotatable bonds is 8. The van der Waals surface area contributed by atoms with Gasteiger partial charge in [-0.2, -0.15) is 15.0 Å². The lowest BCUT2D eigenvalue weighted by Gasteiger charge is -2.40. The van der Waals surface area contributed by atoms with E-state index in [4.69, 9.17) is 0 Å². The first kappa shape index (κ1) is 25.0. The lowest BCUT2D eigenvalue weighted by atomic mass is 9.77. The average Bonchev–Trinajstić information content (AvgIpc) is 3.26. The van der Waals surface area contributed by atoms with Crippen molar-refractivity contribution in [2.75, 3.05) is 16.2 Å². The van der Waals surface area contributed by atoms with E-state index in [2.05, 4.69) is 111 Å². The number of aromatic nitrogens is 3. The zero-order chi connectivity index (χ0) is 23.9. The summed E-state index contributed by atoms with van der Waals surface area (Å²) in [6.45, 7) is 21.9. The van der Waals surface area contributed by atoms with Gasteiger partial charge in [0.2, 0.25) is 17.8 Å². The average molecular weight is 447 g/mol. The molecule has 8 nitrogen and oxygen atoms in total. The first-order valence-corrected chi connectivity index (χ1v) is 12.2. The minimum Gasteiger partial charge on any atom is -0.351 e. The third-order valence-electron chi connectivity index (χ3n) is 8.41. The molecule has 2 aliphatic carbocycles. The third kappa shape index (κ3) is 5.63. The van der Waals surface area contributed by atoms with Gasteiger partial charge >= 0.3 is 0 Å². The Kier molecular flexibility index (Phi) is 6.71. The Morgan fingerprint density at radius 1 is 0.625 bits per heavy atom. The normalized spacial score (nSPS) is 24.0. The number of hydrogen-bond donors (Lipinski definition) is 5. The summed E-state index contributed by atoms with van der Waals surface area (Å²) in [5.74, 6) is 3.22. The van der Waals surface area contributed by atoms with Crippen LogP contribution < -0.4 is 27.0 Å². The van der Waals surface area contributed by atoms with E-state index in [1.807, 2.05) is 0 Å². The molecule has 3 atom stereocenters. The molecule has 2 saturated carbocycles. The molecule has 0 saturated heterocycles. The van der Waals surface area contributed by atoms with Gasteiger partial charge in [0.05, 0.1) is 0 Å². The fraction of sp³-hybridized carbons (Fsp3) is 0.875. The highest BCUT2D eigenvalue weighted by atomic mass is 15.5. The van der Waals surface area contributed by atoms with Crippen LogP contribution in [0.3, 0.4) is 0 Å². The number of nitrogens with zero attached hydrogens (tertiary/aromatic N) is 3. The molecule has 0 aromatic carbocycles.